The van der Waals surface area contributed by atoms with E-state index < -0.39 is 5.97 Å². The molecular formula is C30H30ClN3O3S. The summed E-state index contributed by atoms with van der Waals surface area (Å²) < 4.78 is 0. The SMILES string of the molecule is CCC(C)c1ccc(N(Cc2ccc(C(=O)NCCC(=O)O)cc2)c2nc(-c3ccc(Cl)cc3)cs2)cc1. The molecule has 1 aromatic heterocycles. The molecule has 1 heterocycles. The predicted molar refractivity (Wildman–Crippen MR) is 155 cm³/mol. The number of aromatic nitrogens is 1. The minimum Gasteiger partial charge on any atom is -0.481 e. The summed E-state index contributed by atoms with van der Waals surface area (Å²) in [7, 11) is 0. The topological polar surface area (TPSA) is 82.5 Å². The fourth-order valence-electron chi connectivity index (χ4n) is 3.96. The first-order chi connectivity index (χ1) is 18.3. The summed E-state index contributed by atoms with van der Waals surface area (Å²) in [4.78, 5) is 30.2. The molecule has 1 atom stereocenters. The zero-order chi connectivity index (χ0) is 27.1. The number of amides is 1. The molecule has 0 radical (unpaired) electrons. The van der Waals surface area contributed by atoms with Crippen molar-refractivity contribution in [3.8, 4) is 11.3 Å². The van der Waals surface area contributed by atoms with Crippen molar-refractivity contribution in [2.45, 2.75) is 39.2 Å². The second kappa shape index (κ2) is 12.7. The predicted octanol–water partition coefficient (Wildman–Crippen LogP) is 7.52. The lowest BCUT2D eigenvalue weighted by Gasteiger charge is -2.23. The molecule has 196 valence electrons. The van der Waals surface area contributed by atoms with E-state index in [0.29, 0.717) is 23.0 Å². The minimum atomic E-state index is -0.945. The number of anilines is 2. The number of carboxylic acids is 1. The van der Waals surface area contributed by atoms with Crippen LogP contribution < -0.4 is 10.2 Å². The van der Waals surface area contributed by atoms with E-state index in [1.807, 2.05) is 41.8 Å². The van der Waals surface area contributed by atoms with Crippen LogP contribution in [0.3, 0.4) is 0 Å². The Hall–Kier alpha value is -3.68. The first kappa shape index (κ1) is 27.4. The summed E-state index contributed by atoms with van der Waals surface area (Å²) in [6.45, 7) is 5.08. The molecule has 0 fully saturated rings. The summed E-state index contributed by atoms with van der Waals surface area (Å²) in [5.41, 5.74) is 5.72. The number of carboxylic acid groups (broad SMARTS) is 1. The number of rotatable bonds is 11. The van der Waals surface area contributed by atoms with Crippen molar-refractivity contribution in [1.82, 2.24) is 10.3 Å². The highest BCUT2D eigenvalue weighted by Crippen LogP contribution is 2.34. The molecule has 1 unspecified atom stereocenters. The Morgan fingerprint density at radius 1 is 1.03 bits per heavy atom. The summed E-state index contributed by atoms with van der Waals surface area (Å²) in [6.07, 6.45) is 0.969. The number of carbonyl (C=O) groups excluding carboxylic acids is 1. The van der Waals surface area contributed by atoms with Crippen LogP contribution in [-0.2, 0) is 11.3 Å². The highest BCUT2D eigenvalue weighted by molar-refractivity contribution is 7.14. The van der Waals surface area contributed by atoms with Gasteiger partial charge in [-0.1, -0.05) is 61.8 Å². The molecule has 0 saturated carbocycles. The van der Waals surface area contributed by atoms with Gasteiger partial charge in [0.1, 0.15) is 0 Å². The number of carbonyl (C=O) groups is 2. The maximum atomic E-state index is 12.3. The number of hydrogen-bond donors (Lipinski definition) is 2. The Bertz CT molecular complexity index is 1370. The van der Waals surface area contributed by atoms with Crippen molar-refractivity contribution in [3.63, 3.8) is 0 Å². The van der Waals surface area contributed by atoms with Gasteiger partial charge < -0.3 is 15.3 Å². The molecular weight excluding hydrogens is 518 g/mol. The lowest BCUT2D eigenvalue weighted by Crippen LogP contribution is -2.26. The highest BCUT2D eigenvalue weighted by Gasteiger charge is 2.17. The molecule has 0 aliphatic rings. The molecule has 1 amide bonds. The molecule has 0 spiro atoms. The van der Waals surface area contributed by atoms with Crippen molar-refractivity contribution in [3.05, 3.63) is 99.9 Å². The van der Waals surface area contributed by atoms with Crippen LogP contribution in [0.2, 0.25) is 5.02 Å². The van der Waals surface area contributed by atoms with Gasteiger partial charge in [-0.05, 0) is 59.9 Å². The monoisotopic (exact) mass is 547 g/mol. The zero-order valence-electron chi connectivity index (χ0n) is 21.4. The lowest BCUT2D eigenvalue weighted by atomic mass is 9.98. The van der Waals surface area contributed by atoms with Crippen LogP contribution in [-0.4, -0.2) is 28.5 Å². The molecule has 6 nitrogen and oxygen atoms in total. The Morgan fingerprint density at radius 3 is 2.34 bits per heavy atom. The molecule has 2 N–H and O–H groups in total. The molecule has 38 heavy (non-hydrogen) atoms. The standard InChI is InChI=1S/C30H30ClN3O3S/c1-3-20(2)22-10-14-26(15-11-22)34(30-33-27(19-38-30)23-8-12-25(31)13-9-23)18-21-4-6-24(7-5-21)29(37)32-17-16-28(35)36/h4-15,19-20H,3,16-18H2,1-2H3,(H,32,37)(H,35,36). The van der Waals surface area contributed by atoms with Gasteiger partial charge in [0.25, 0.3) is 5.91 Å². The van der Waals surface area contributed by atoms with E-state index in [0.717, 1.165) is 34.1 Å². The smallest absolute Gasteiger partial charge is 0.305 e. The number of halogens is 1. The number of aliphatic carboxylic acids is 1. The van der Waals surface area contributed by atoms with Gasteiger partial charge in [0.2, 0.25) is 0 Å². The first-order valence-electron chi connectivity index (χ1n) is 12.5. The third kappa shape index (κ3) is 7.00. The maximum Gasteiger partial charge on any atom is 0.305 e. The largest absolute Gasteiger partial charge is 0.481 e. The van der Waals surface area contributed by atoms with Crippen molar-refractivity contribution in [1.29, 1.82) is 0 Å². The van der Waals surface area contributed by atoms with Crippen molar-refractivity contribution in [2.24, 2.45) is 0 Å². The zero-order valence-corrected chi connectivity index (χ0v) is 22.9. The van der Waals surface area contributed by atoms with Gasteiger partial charge in [0.15, 0.2) is 5.13 Å². The van der Waals surface area contributed by atoms with E-state index >= 15 is 0 Å². The molecule has 0 saturated heterocycles. The highest BCUT2D eigenvalue weighted by atomic mass is 35.5. The number of nitrogens with one attached hydrogen (secondary N) is 1. The molecule has 4 rings (SSSR count). The minimum absolute atomic E-state index is 0.0936. The van der Waals surface area contributed by atoms with Gasteiger partial charge in [-0.2, -0.15) is 0 Å². The maximum absolute atomic E-state index is 12.3. The van der Waals surface area contributed by atoms with Crippen LogP contribution in [0.5, 0.6) is 0 Å². The van der Waals surface area contributed by atoms with Gasteiger partial charge in [-0.3, -0.25) is 9.59 Å². The molecule has 0 aliphatic heterocycles. The Balaban J connectivity index is 1.58. The Kier molecular flexibility index (Phi) is 9.15. The van der Waals surface area contributed by atoms with Gasteiger partial charge in [-0.25, -0.2) is 4.98 Å². The fraction of sp³-hybridized carbons (Fsp3) is 0.233. The Morgan fingerprint density at radius 2 is 1.71 bits per heavy atom. The van der Waals surface area contributed by atoms with E-state index in [9.17, 15) is 9.59 Å². The summed E-state index contributed by atoms with van der Waals surface area (Å²) in [5, 5.41) is 15.0. The average Bonchev–Trinajstić information content (AvgIpc) is 3.42. The van der Waals surface area contributed by atoms with E-state index in [4.69, 9.17) is 21.7 Å². The van der Waals surface area contributed by atoms with Crippen LogP contribution in [0.4, 0.5) is 10.8 Å². The van der Waals surface area contributed by atoms with Crippen LogP contribution in [0, 0.1) is 0 Å². The normalized spacial score (nSPS) is 11.7. The lowest BCUT2D eigenvalue weighted by molar-refractivity contribution is -0.136. The van der Waals surface area contributed by atoms with Crippen LogP contribution >= 0.6 is 22.9 Å². The number of benzene rings is 3. The quantitative estimate of drug-likeness (QED) is 0.203. The van der Waals surface area contributed by atoms with E-state index in [2.05, 4.69) is 48.3 Å². The fourth-order valence-corrected chi connectivity index (χ4v) is 4.94. The van der Waals surface area contributed by atoms with Crippen LogP contribution in [0.25, 0.3) is 11.3 Å². The third-order valence-corrected chi connectivity index (χ3v) is 7.55. The summed E-state index contributed by atoms with van der Waals surface area (Å²) >= 11 is 7.64. The van der Waals surface area contributed by atoms with Gasteiger partial charge in [0, 0.05) is 33.8 Å². The molecule has 4 aromatic rings. The van der Waals surface area contributed by atoms with E-state index in [-0.39, 0.29) is 18.9 Å². The van der Waals surface area contributed by atoms with Gasteiger partial charge in [0.05, 0.1) is 18.7 Å². The second-order valence-corrected chi connectivity index (χ2v) is 10.4. The summed E-state index contributed by atoms with van der Waals surface area (Å²) in [5.74, 6) is -0.745. The van der Waals surface area contributed by atoms with Gasteiger partial charge in [-0.15, -0.1) is 11.3 Å². The second-order valence-electron chi connectivity index (χ2n) is 9.11. The van der Waals surface area contributed by atoms with Gasteiger partial charge >= 0.3 is 5.97 Å². The van der Waals surface area contributed by atoms with E-state index in [1.165, 1.54) is 5.56 Å². The average molecular weight is 548 g/mol. The van der Waals surface area contributed by atoms with Crippen molar-refractivity contribution in [2.75, 3.05) is 11.4 Å². The van der Waals surface area contributed by atoms with Crippen molar-refractivity contribution < 1.29 is 14.7 Å². The number of nitrogens with zero attached hydrogens (tertiary/aromatic N) is 2. The number of hydrogen-bond acceptors (Lipinski definition) is 5. The first-order valence-corrected chi connectivity index (χ1v) is 13.8. The third-order valence-electron chi connectivity index (χ3n) is 6.43. The molecule has 0 bridgehead atoms. The van der Waals surface area contributed by atoms with E-state index in [1.54, 1.807) is 23.5 Å². The van der Waals surface area contributed by atoms with Crippen LogP contribution in [0.1, 0.15) is 54.1 Å². The Labute approximate surface area is 231 Å². The molecule has 8 heteroatoms. The summed E-state index contributed by atoms with van der Waals surface area (Å²) in [6, 6.07) is 23.6. The number of thiazole rings is 1. The van der Waals surface area contributed by atoms with Crippen LogP contribution in [0.15, 0.2) is 78.2 Å². The molecule has 3 aromatic carbocycles. The van der Waals surface area contributed by atoms with Crippen molar-refractivity contribution >= 4 is 45.6 Å². The molecule has 0 aliphatic carbocycles.